The molecule has 1 heterocycles. The van der Waals surface area contributed by atoms with Crippen molar-refractivity contribution in [2.24, 2.45) is 5.92 Å². The molecule has 2 fully saturated rings. The maximum atomic E-state index is 5.50. The molecule has 2 atom stereocenters. The molecule has 0 radical (unpaired) electrons. The molecule has 1 aliphatic carbocycles. The van der Waals surface area contributed by atoms with Crippen LogP contribution in [-0.2, 0) is 4.74 Å². The molecule has 2 nitrogen and oxygen atoms in total. The SMILES string of the molecule is C[C@@H](NCC1(Br)CC1)[C@H]1CCCOC1. The van der Waals surface area contributed by atoms with Crippen molar-refractivity contribution < 1.29 is 4.74 Å². The number of alkyl halides is 1. The fourth-order valence-electron chi connectivity index (χ4n) is 1.98. The fourth-order valence-corrected chi connectivity index (χ4v) is 2.34. The Kier molecular flexibility index (Phi) is 3.50. The summed E-state index contributed by atoms with van der Waals surface area (Å²) in [5, 5.41) is 3.63. The van der Waals surface area contributed by atoms with Crippen LogP contribution in [-0.4, -0.2) is 30.1 Å². The molecule has 1 saturated carbocycles. The molecule has 3 heteroatoms. The first-order valence-electron chi connectivity index (χ1n) is 5.70. The van der Waals surface area contributed by atoms with Crippen LogP contribution < -0.4 is 5.32 Å². The number of nitrogens with one attached hydrogen (secondary N) is 1. The van der Waals surface area contributed by atoms with Crippen LogP contribution in [0.15, 0.2) is 0 Å². The Morgan fingerprint density at radius 3 is 2.93 bits per heavy atom. The molecule has 2 aliphatic rings. The molecule has 1 saturated heterocycles. The molecule has 0 unspecified atom stereocenters. The van der Waals surface area contributed by atoms with E-state index in [0.29, 0.717) is 10.4 Å². The average molecular weight is 262 g/mol. The third kappa shape index (κ3) is 2.94. The smallest absolute Gasteiger partial charge is 0.0509 e. The van der Waals surface area contributed by atoms with Gasteiger partial charge in [-0.25, -0.2) is 0 Å². The second-order valence-corrected chi connectivity index (χ2v) is 6.48. The molecular formula is C11H20BrNO. The maximum absolute atomic E-state index is 5.50. The Bertz CT molecular complexity index is 188. The van der Waals surface area contributed by atoms with Gasteiger partial charge >= 0.3 is 0 Å². The minimum absolute atomic E-state index is 0.441. The van der Waals surface area contributed by atoms with Gasteiger partial charge in [-0.2, -0.15) is 0 Å². The lowest BCUT2D eigenvalue weighted by Crippen LogP contribution is -2.40. The topological polar surface area (TPSA) is 21.3 Å². The van der Waals surface area contributed by atoms with Crippen LogP contribution in [0.1, 0.15) is 32.6 Å². The first-order chi connectivity index (χ1) is 6.70. The second-order valence-electron chi connectivity index (χ2n) is 4.80. The molecule has 2 rings (SSSR count). The summed E-state index contributed by atoms with van der Waals surface area (Å²) in [5.41, 5.74) is 0. The van der Waals surface area contributed by atoms with Gasteiger partial charge in [0, 0.05) is 23.5 Å². The highest BCUT2D eigenvalue weighted by Crippen LogP contribution is 2.43. The van der Waals surface area contributed by atoms with Crippen LogP contribution >= 0.6 is 15.9 Å². The van der Waals surface area contributed by atoms with Crippen molar-refractivity contribution in [3.8, 4) is 0 Å². The summed E-state index contributed by atoms with van der Waals surface area (Å²) >= 11 is 3.75. The summed E-state index contributed by atoms with van der Waals surface area (Å²) in [6.45, 7) is 5.32. The molecule has 1 aliphatic heterocycles. The highest BCUT2D eigenvalue weighted by molar-refractivity contribution is 9.10. The third-order valence-corrected chi connectivity index (χ3v) is 4.51. The molecule has 0 amide bonds. The summed E-state index contributed by atoms with van der Waals surface area (Å²) in [4.78, 5) is 0. The van der Waals surface area contributed by atoms with Gasteiger partial charge < -0.3 is 10.1 Å². The largest absolute Gasteiger partial charge is 0.381 e. The monoisotopic (exact) mass is 261 g/mol. The number of hydrogen-bond acceptors (Lipinski definition) is 2. The highest BCUT2D eigenvalue weighted by Gasteiger charge is 2.39. The summed E-state index contributed by atoms with van der Waals surface area (Å²) in [7, 11) is 0. The van der Waals surface area contributed by atoms with Crippen molar-refractivity contribution in [3.05, 3.63) is 0 Å². The molecule has 0 bridgehead atoms. The average Bonchev–Trinajstić information content (AvgIpc) is 2.95. The van der Waals surface area contributed by atoms with E-state index in [9.17, 15) is 0 Å². The van der Waals surface area contributed by atoms with Gasteiger partial charge in [0.25, 0.3) is 0 Å². The third-order valence-electron chi connectivity index (χ3n) is 3.44. The van der Waals surface area contributed by atoms with E-state index in [1.165, 1.54) is 25.7 Å². The number of ether oxygens (including phenoxy) is 1. The summed E-state index contributed by atoms with van der Waals surface area (Å²) < 4.78 is 5.94. The summed E-state index contributed by atoms with van der Waals surface area (Å²) in [6, 6.07) is 0.602. The van der Waals surface area contributed by atoms with Crippen LogP contribution in [0.4, 0.5) is 0 Å². The van der Waals surface area contributed by atoms with E-state index in [1.54, 1.807) is 0 Å². The van der Waals surface area contributed by atoms with Crippen LogP contribution in [0.25, 0.3) is 0 Å². The Morgan fingerprint density at radius 1 is 1.57 bits per heavy atom. The number of rotatable bonds is 4. The van der Waals surface area contributed by atoms with E-state index in [4.69, 9.17) is 4.74 Å². The zero-order valence-corrected chi connectivity index (χ0v) is 10.5. The summed E-state index contributed by atoms with van der Waals surface area (Å²) in [5.74, 6) is 0.721. The normalized spacial score (nSPS) is 32.6. The van der Waals surface area contributed by atoms with Crippen LogP contribution in [0.2, 0.25) is 0 Å². The first kappa shape index (κ1) is 10.9. The van der Waals surface area contributed by atoms with Gasteiger partial charge in [0.1, 0.15) is 0 Å². The van der Waals surface area contributed by atoms with E-state index >= 15 is 0 Å². The van der Waals surface area contributed by atoms with Gasteiger partial charge in [-0.05, 0) is 38.5 Å². The summed E-state index contributed by atoms with van der Waals surface area (Å²) in [6.07, 6.45) is 5.21. The van der Waals surface area contributed by atoms with Crippen molar-refractivity contribution in [3.63, 3.8) is 0 Å². The first-order valence-corrected chi connectivity index (χ1v) is 6.49. The predicted octanol–water partition coefficient (Wildman–Crippen LogP) is 2.32. The van der Waals surface area contributed by atoms with Gasteiger partial charge in [-0.3, -0.25) is 0 Å². The van der Waals surface area contributed by atoms with Crippen molar-refractivity contribution in [2.75, 3.05) is 19.8 Å². The number of halogens is 1. The lowest BCUT2D eigenvalue weighted by molar-refractivity contribution is 0.0420. The fraction of sp³-hybridized carbons (Fsp3) is 1.00. The molecule has 0 spiro atoms. The molecular weight excluding hydrogens is 242 g/mol. The van der Waals surface area contributed by atoms with Crippen molar-refractivity contribution >= 4 is 15.9 Å². The molecule has 0 aromatic heterocycles. The van der Waals surface area contributed by atoms with Gasteiger partial charge in [0.2, 0.25) is 0 Å². The van der Waals surface area contributed by atoms with Crippen LogP contribution in [0.5, 0.6) is 0 Å². The van der Waals surface area contributed by atoms with Gasteiger partial charge in [0.05, 0.1) is 6.61 Å². The zero-order chi connectivity index (χ0) is 10.0. The van der Waals surface area contributed by atoms with Gasteiger partial charge in [0.15, 0.2) is 0 Å². The second kappa shape index (κ2) is 4.50. The standard InChI is InChI=1S/C11H20BrNO/c1-9(10-3-2-6-14-7-10)13-8-11(12)4-5-11/h9-10,13H,2-8H2,1H3/t9-,10+/m1/s1. The van der Waals surface area contributed by atoms with E-state index in [2.05, 4.69) is 28.2 Å². The zero-order valence-electron chi connectivity index (χ0n) is 8.89. The van der Waals surface area contributed by atoms with E-state index in [0.717, 1.165) is 25.7 Å². The lowest BCUT2D eigenvalue weighted by atomic mass is 9.95. The molecule has 1 N–H and O–H groups in total. The van der Waals surface area contributed by atoms with E-state index in [1.807, 2.05) is 0 Å². The van der Waals surface area contributed by atoms with Crippen molar-refractivity contribution in [1.29, 1.82) is 0 Å². The van der Waals surface area contributed by atoms with Crippen molar-refractivity contribution in [1.82, 2.24) is 5.32 Å². The van der Waals surface area contributed by atoms with Gasteiger partial charge in [-0.15, -0.1) is 0 Å². The van der Waals surface area contributed by atoms with Crippen LogP contribution in [0.3, 0.4) is 0 Å². The Balaban J connectivity index is 1.68. The lowest BCUT2D eigenvalue weighted by Gasteiger charge is -2.29. The quantitative estimate of drug-likeness (QED) is 0.785. The van der Waals surface area contributed by atoms with E-state index in [-0.39, 0.29) is 0 Å². The maximum Gasteiger partial charge on any atom is 0.0509 e. The molecule has 0 aromatic carbocycles. The highest BCUT2D eigenvalue weighted by atomic mass is 79.9. The van der Waals surface area contributed by atoms with Crippen LogP contribution in [0, 0.1) is 5.92 Å². The number of hydrogen-bond donors (Lipinski definition) is 1. The Labute approximate surface area is 94.9 Å². The van der Waals surface area contributed by atoms with Gasteiger partial charge in [-0.1, -0.05) is 15.9 Å². The van der Waals surface area contributed by atoms with Crippen molar-refractivity contribution in [2.45, 2.75) is 43.0 Å². The molecule has 82 valence electrons. The predicted molar refractivity (Wildman–Crippen MR) is 61.9 cm³/mol. The Morgan fingerprint density at radius 2 is 2.36 bits per heavy atom. The molecule has 14 heavy (non-hydrogen) atoms. The van der Waals surface area contributed by atoms with E-state index < -0.39 is 0 Å². The minimum Gasteiger partial charge on any atom is -0.381 e. The minimum atomic E-state index is 0.441. The molecule has 0 aromatic rings. The Hall–Kier alpha value is 0.400.